The molecule has 1 aromatic carbocycles. The number of nitrogens with zero attached hydrogens (tertiary/aromatic N) is 3. The summed E-state index contributed by atoms with van der Waals surface area (Å²) in [5.41, 5.74) is 4.20. The van der Waals surface area contributed by atoms with E-state index in [2.05, 4.69) is 34.5 Å². The van der Waals surface area contributed by atoms with Crippen LogP contribution in [-0.4, -0.2) is 14.6 Å². The topological polar surface area (TPSA) is 30.2 Å². The van der Waals surface area contributed by atoms with Gasteiger partial charge < -0.3 is 0 Å². The third kappa shape index (κ3) is 1.77. The highest BCUT2D eigenvalue weighted by Gasteiger charge is 2.10. The highest BCUT2D eigenvalue weighted by molar-refractivity contribution is 6.30. The molecule has 2 aromatic heterocycles. The molecule has 3 nitrogen and oxygen atoms in total. The van der Waals surface area contributed by atoms with Crippen LogP contribution in [0.3, 0.4) is 0 Å². The number of aryl methyl sites for hydroxylation is 2. The molecule has 3 rings (SSSR count). The minimum atomic E-state index is 0.722. The lowest BCUT2D eigenvalue weighted by molar-refractivity contribution is 1.07. The van der Waals surface area contributed by atoms with E-state index >= 15 is 0 Å². The molecular formula is C14H12ClN3. The van der Waals surface area contributed by atoms with Crippen molar-refractivity contribution in [1.29, 1.82) is 0 Å². The molecule has 0 atom stereocenters. The van der Waals surface area contributed by atoms with Crippen LogP contribution >= 0.6 is 11.6 Å². The second-order valence-electron chi connectivity index (χ2n) is 4.40. The molecule has 90 valence electrons. The standard InChI is InChI=1S/C14H12ClN3/c1-9-7-10(2)18-13(8-9)16-17-14(18)11-3-5-12(15)6-4-11/h3-8H,1-2H3. The zero-order valence-corrected chi connectivity index (χ0v) is 10.9. The molecule has 0 amide bonds. The van der Waals surface area contributed by atoms with Gasteiger partial charge in [0.05, 0.1) is 0 Å². The van der Waals surface area contributed by atoms with E-state index in [1.54, 1.807) is 0 Å². The largest absolute Gasteiger partial charge is 0.280 e. The number of pyridine rings is 1. The van der Waals surface area contributed by atoms with Gasteiger partial charge in [-0.05, 0) is 55.8 Å². The van der Waals surface area contributed by atoms with Gasteiger partial charge in [-0.2, -0.15) is 0 Å². The van der Waals surface area contributed by atoms with Crippen LogP contribution in [0.2, 0.25) is 5.02 Å². The van der Waals surface area contributed by atoms with Gasteiger partial charge in [-0.3, -0.25) is 4.40 Å². The Bertz CT molecular complexity index is 714. The highest BCUT2D eigenvalue weighted by Crippen LogP contribution is 2.22. The summed E-state index contributed by atoms with van der Waals surface area (Å²) < 4.78 is 2.05. The lowest BCUT2D eigenvalue weighted by Gasteiger charge is -2.05. The van der Waals surface area contributed by atoms with Crippen molar-refractivity contribution >= 4 is 17.2 Å². The fourth-order valence-corrected chi connectivity index (χ4v) is 2.29. The number of hydrogen-bond donors (Lipinski definition) is 0. The van der Waals surface area contributed by atoms with E-state index in [4.69, 9.17) is 11.6 Å². The molecule has 18 heavy (non-hydrogen) atoms. The van der Waals surface area contributed by atoms with Gasteiger partial charge in [0.1, 0.15) is 0 Å². The lowest BCUT2D eigenvalue weighted by Crippen LogP contribution is -1.95. The molecule has 0 saturated heterocycles. The van der Waals surface area contributed by atoms with Crippen molar-refractivity contribution < 1.29 is 0 Å². The second-order valence-corrected chi connectivity index (χ2v) is 4.83. The maximum absolute atomic E-state index is 5.90. The lowest BCUT2D eigenvalue weighted by atomic mass is 10.2. The summed E-state index contributed by atoms with van der Waals surface area (Å²) in [5, 5.41) is 9.21. The average molecular weight is 258 g/mol. The van der Waals surface area contributed by atoms with Crippen LogP contribution in [-0.2, 0) is 0 Å². The molecule has 0 saturated carbocycles. The molecule has 0 N–H and O–H groups in total. The first-order valence-corrected chi connectivity index (χ1v) is 6.11. The maximum atomic E-state index is 5.90. The first-order valence-electron chi connectivity index (χ1n) is 5.73. The predicted molar refractivity (Wildman–Crippen MR) is 72.9 cm³/mol. The molecule has 0 spiro atoms. The van der Waals surface area contributed by atoms with Gasteiger partial charge >= 0.3 is 0 Å². The average Bonchev–Trinajstić information content (AvgIpc) is 2.74. The van der Waals surface area contributed by atoms with Crippen LogP contribution in [0.15, 0.2) is 36.4 Å². The van der Waals surface area contributed by atoms with Crippen molar-refractivity contribution in [3.05, 3.63) is 52.7 Å². The quantitative estimate of drug-likeness (QED) is 0.666. The molecule has 0 unspecified atom stereocenters. The van der Waals surface area contributed by atoms with Gasteiger partial charge in [-0.25, -0.2) is 0 Å². The highest BCUT2D eigenvalue weighted by atomic mass is 35.5. The molecule has 0 radical (unpaired) electrons. The van der Waals surface area contributed by atoms with Crippen molar-refractivity contribution in [2.75, 3.05) is 0 Å². The Hall–Kier alpha value is -1.87. The minimum Gasteiger partial charge on any atom is -0.280 e. The zero-order valence-electron chi connectivity index (χ0n) is 10.2. The van der Waals surface area contributed by atoms with Crippen LogP contribution in [0.25, 0.3) is 17.0 Å². The summed E-state index contributed by atoms with van der Waals surface area (Å²) in [7, 11) is 0. The third-order valence-electron chi connectivity index (χ3n) is 2.94. The molecule has 0 bridgehead atoms. The Morgan fingerprint density at radius 2 is 1.72 bits per heavy atom. The van der Waals surface area contributed by atoms with Gasteiger partial charge in [0.25, 0.3) is 0 Å². The fourth-order valence-electron chi connectivity index (χ4n) is 2.16. The number of halogens is 1. The van der Waals surface area contributed by atoms with Crippen LogP contribution in [0, 0.1) is 13.8 Å². The molecule has 3 aromatic rings. The van der Waals surface area contributed by atoms with E-state index in [1.165, 1.54) is 5.56 Å². The monoisotopic (exact) mass is 257 g/mol. The van der Waals surface area contributed by atoms with E-state index in [0.717, 1.165) is 27.8 Å². The maximum Gasteiger partial charge on any atom is 0.168 e. The van der Waals surface area contributed by atoms with Crippen LogP contribution in [0.4, 0.5) is 0 Å². The molecule has 0 aliphatic heterocycles. The van der Waals surface area contributed by atoms with Crippen molar-refractivity contribution in [1.82, 2.24) is 14.6 Å². The molecule has 2 heterocycles. The van der Waals surface area contributed by atoms with E-state index in [1.807, 2.05) is 30.3 Å². The van der Waals surface area contributed by atoms with Crippen molar-refractivity contribution in [3.63, 3.8) is 0 Å². The number of aromatic nitrogens is 3. The minimum absolute atomic E-state index is 0.722. The van der Waals surface area contributed by atoms with Crippen LogP contribution in [0.5, 0.6) is 0 Å². The van der Waals surface area contributed by atoms with Crippen molar-refractivity contribution in [2.24, 2.45) is 0 Å². The normalized spacial score (nSPS) is 11.1. The smallest absolute Gasteiger partial charge is 0.168 e. The van der Waals surface area contributed by atoms with Gasteiger partial charge in [0.2, 0.25) is 0 Å². The summed E-state index contributed by atoms with van der Waals surface area (Å²) in [5.74, 6) is 0.846. The van der Waals surface area contributed by atoms with Crippen molar-refractivity contribution in [3.8, 4) is 11.4 Å². The first-order chi connectivity index (χ1) is 8.65. The molecule has 0 fully saturated rings. The Balaban J connectivity index is 2.27. The van der Waals surface area contributed by atoms with E-state index in [0.29, 0.717) is 0 Å². The Kier molecular flexibility index (Phi) is 2.56. The second kappa shape index (κ2) is 4.10. The van der Waals surface area contributed by atoms with E-state index in [9.17, 15) is 0 Å². The summed E-state index contributed by atoms with van der Waals surface area (Å²) in [6.45, 7) is 4.12. The summed E-state index contributed by atoms with van der Waals surface area (Å²) in [6.07, 6.45) is 0. The number of benzene rings is 1. The van der Waals surface area contributed by atoms with Crippen molar-refractivity contribution in [2.45, 2.75) is 13.8 Å². The SMILES string of the molecule is Cc1cc(C)n2c(-c3ccc(Cl)cc3)nnc2c1. The fraction of sp³-hybridized carbons (Fsp3) is 0.143. The first kappa shape index (κ1) is 11.2. The number of hydrogen-bond acceptors (Lipinski definition) is 2. The number of rotatable bonds is 1. The summed E-state index contributed by atoms with van der Waals surface area (Å²) in [6, 6.07) is 11.8. The van der Waals surface area contributed by atoms with E-state index < -0.39 is 0 Å². The molecule has 0 aliphatic rings. The van der Waals surface area contributed by atoms with Crippen LogP contribution < -0.4 is 0 Å². The molecular weight excluding hydrogens is 246 g/mol. The van der Waals surface area contributed by atoms with E-state index in [-0.39, 0.29) is 0 Å². The Morgan fingerprint density at radius 3 is 2.44 bits per heavy atom. The van der Waals surface area contributed by atoms with Crippen LogP contribution in [0.1, 0.15) is 11.3 Å². The van der Waals surface area contributed by atoms with Gasteiger partial charge in [-0.1, -0.05) is 11.6 Å². The predicted octanol–water partition coefficient (Wildman–Crippen LogP) is 3.67. The molecule has 0 aliphatic carbocycles. The molecule has 4 heteroatoms. The summed E-state index contributed by atoms with van der Waals surface area (Å²) >= 11 is 5.90. The third-order valence-corrected chi connectivity index (χ3v) is 3.19. The van der Waals surface area contributed by atoms with Gasteiger partial charge in [-0.15, -0.1) is 10.2 Å². The van der Waals surface area contributed by atoms with Gasteiger partial charge in [0, 0.05) is 16.3 Å². The Labute approximate surface area is 110 Å². The number of fused-ring (bicyclic) bond motifs is 1. The zero-order chi connectivity index (χ0) is 12.7. The Morgan fingerprint density at radius 1 is 1.00 bits per heavy atom. The van der Waals surface area contributed by atoms with Gasteiger partial charge in [0.15, 0.2) is 11.5 Å². The summed E-state index contributed by atoms with van der Waals surface area (Å²) in [4.78, 5) is 0.